The Labute approximate surface area is 90.1 Å². The van der Waals surface area contributed by atoms with Gasteiger partial charge < -0.3 is 9.73 Å². The van der Waals surface area contributed by atoms with Crippen molar-refractivity contribution in [2.45, 2.75) is 39.5 Å². The van der Waals surface area contributed by atoms with Crippen LogP contribution in [0.1, 0.15) is 37.6 Å². The Balaban J connectivity index is 2.22. The lowest BCUT2D eigenvalue weighted by atomic mass is 10.2. The van der Waals surface area contributed by atoms with Gasteiger partial charge in [-0.2, -0.15) is 0 Å². The predicted octanol–water partition coefficient (Wildman–Crippen LogP) is 1.83. The van der Waals surface area contributed by atoms with E-state index in [9.17, 15) is 4.79 Å². The van der Waals surface area contributed by atoms with Crippen LogP contribution in [0.15, 0.2) is 10.8 Å². The number of unbranched alkanes of at least 4 members (excludes halogenated alkanes) is 2. The summed E-state index contributed by atoms with van der Waals surface area (Å²) in [5, 5.41) is 2.86. The Morgan fingerprint density at radius 2 is 2.33 bits per heavy atom. The van der Waals surface area contributed by atoms with Gasteiger partial charge in [0.1, 0.15) is 5.76 Å². The third kappa shape index (κ3) is 4.14. The number of nitrogens with zero attached hydrogens (tertiary/aromatic N) is 1. The molecule has 0 fully saturated rings. The van der Waals surface area contributed by atoms with Gasteiger partial charge in [0, 0.05) is 6.54 Å². The maximum Gasteiger partial charge on any atom is 0.227 e. The molecule has 0 bridgehead atoms. The fourth-order valence-corrected chi connectivity index (χ4v) is 1.31. The van der Waals surface area contributed by atoms with Crippen molar-refractivity contribution in [3.05, 3.63) is 17.8 Å². The molecule has 0 saturated carbocycles. The summed E-state index contributed by atoms with van der Waals surface area (Å²) < 4.78 is 5.09. The van der Waals surface area contributed by atoms with E-state index in [4.69, 9.17) is 4.42 Å². The molecular weight excluding hydrogens is 192 g/mol. The first-order valence-electron chi connectivity index (χ1n) is 5.39. The molecule has 0 aliphatic heterocycles. The molecule has 4 nitrogen and oxygen atoms in total. The van der Waals surface area contributed by atoms with E-state index in [2.05, 4.69) is 17.2 Å². The number of amides is 1. The summed E-state index contributed by atoms with van der Waals surface area (Å²) in [6.07, 6.45) is 5.02. The van der Waals surface area contributed by atoms with Crippen molar-refractivity contribution in [1.29, 1.82) is 0 Å². The van der Waals surface area contributed by atoms with Gasteiger partial charge >= 0.3 is 0 Å². The third-order valence-corrected chi connectivity index (χ3v) is 2.27. The van der Waals surface area contributed by atoms with Crippen LogP contribution >= 0.6 is 0 Å². The SMILES string of the molecule is CCCCCNC(=O)Cc1ocnc1C. The highest BCUT2D eigenvalue weighted by atomic mass is 16.3. The summed E-state index contributed by atoms with van der Waals surface area (Å²) in [6.45, 7) is 4.72. The van der Waals surface area contributed by atoms with Gasteiger partial charge in [0.15, 0.2) is 6.39 Å². The average Bonchev–Trinajstić information content (AvgIpc) is 2.59. The van der Waals surface area contributed by atoms with Crippen LogP contribution in [0.5, 0.6) is 0 Å². The van der Waals surface area contributed by atoms with Gasteiger partial charge in [-0.3, -0.25) is 4.79 Å². The highest BCUT2D eigenvalue weighted by Crippen LogP contribution is 2.05. The van der Waals surface area contributed by atoms with Crippen molar-refractivity contribution < 1.29 is 9.21 Å². The van der Waals surface area contributed by atoms with E-state index < -0.39 is 0 Å². The number of carbonyl (C=O) groups is 1. The highest BCUT2D eigenvalue weighted by molar-refractivity contribution is 5.78. The lowest BCUT2D eigenvalue weighted by Gasteiger charge is -2.02. The van der Waals surface area contributed by atoms with E-state index in [1.807, 2.05) is 6.92 Å². The lowest BCUT2D eigenvalue weighted by Crippen LogP contribution is -2.26. The minimum Gasteiger partial charge on any atom is -0.448 e. The van der Waals surface area contributed by atoms with Crippen LogP contribution in [0.4, 0.5) is 0 Å². The summed E-state index contributed by atoms with van der Waals surface area (Å²) >= 11 is 0. The number of carbonyl (C=O) groups excluding carboxylic acids is 1. The number of hydrogen-bond acceptors (Lipinski definition) is 3. The quantitative estimate of drug-likeness (QED) is 0.729. The van der Waals surface area contributed by atoms with Gasteiger partial charge in [-0.15, -0.1) is 0 Å². The standard InChI is InChI=1S/C11H18N2O2/c1-3-4-5-6-12-11(14)7-10-9(2)13-8-15-10/h8H,3-7H2,1-2H3,(H,12,14). The zero-order chi connectivity index (χ0) is 11.1. The van der Waals surface area contributed by atoms with Crippen molar-refractivity contribution >= 4 is 5.91 Å². The first kappa shape index (κ1) is 11.8. The normalized spacial score (nSPS) is 10.3. The van der Waals surface area contributed by atoms with Crippen LogP contribution in [0.25, 0.3) is 0 Å². The van der Waals surface area contributed by atoms with E-state index in [1.165, 1.54) is 6.39 Å². The first-order chi connectivity index (χ1) is 7.24. The molecule has 0 aromatic carbocycles. The summed E-state index contributed by atoms with van der Waals surface area (Å²) in [7, 11) is 0. The number of aryl methyl sites for hydroxylation is 1. The van der Waals surface area contributed by atoms with Crippen LogP contribution in [0, 0.1) is 6.92 Å². The monoisotopic (exact) mass is 210 g/mol. The van der Waals surface area contributed by atoms with Gasteiger partial charge in [0.25, 0.3) is 0 Å². The summed E-state index contributed by atoms with van der Waals surface area (Å²) in [6, 6.07) is 0. The van der Waals surface area contributed by atoms with E-state index >= 15 is 0 Å². The Hall–Kier alpha value is -1.32. The Morgan fingerprint density at radius 1 is 1.53 bits per heavy atom. The lowest BCUT2D eigenvalue weighted by molar-refractivity contribution is -0.120. The average molecular weight is 210 g/mol. The van der Waals surface area contributed by atoms with Crippen LogP contribution < -0.4 is 5.32 Å². The molecule has 15 heavy (non-hydrogen) atoms. The third-order valence-electron chi connectivity index (χ3n) is 2.27. The molecule has 1 aromatic rings. The van der Waals surface area contributed by atoms with Crippen LogP contribution in [-0.4, -0.2) is 17.4 Å². The number of hydrogen-bond donors (Lipinski definition) is 1. The first-order valence-corrected chi connectivity index (χ1v) is 5.39. The van der Waals surface area contributed by atoms with Crippen LogP contribution in [-0.2, 0) is 11.2 Å². The number of rotatable bonds is 6. The second kappa shape index (κ2) is 6.22. The van der Waals surface area contributed by atoms with E-state index in [0.29, 0.717) is 5.76 Å². The highest BCUT2D eigenvalue weighted by Gasteiger charge is 2.08. The number of aromatic nitrogens is 1. The number of oxazole rings is 1. The van der Waals surface area contributed by atoms with Crippen LogP contribution in [0.2, 0.25) is 0 Å². The molecule has 1 heterocycles. The molecule has 1 amide bonds. The van der Waals surface area contributed by atoms with E-state index in [0.717, 1.165) is 31.5 Å². The molecule has 0 spiro atoms. The Kier molecular flexibility index (Phi) is 4.87. The minimum absolute atomic E-state index is 0.00551. The molecule has 84 valence electrons. The van der Waals surface area contributed by atoms with Crippen molar-refractivity contribution in [3.8, 4) is 0 Å². The summed E-state index contributed by atoms with van der Waals surface area (Å²) in [5.74, 6) is 0.661. The Bertz CT molecular complexity index is 307. The summed E-state index contributed by atoms with van der Waals surface area (Å²) in [4.78, 5) is 15.4. The van der Waals surface area contributed by atoms with Crippen molar-refractivity contribution in [3.63, 3.8) is 0 Å². The van der Waals surface area contributed by atoms with E-state index in [1.54, 1.807) is 0 Å². The van der Waals surface area contributed by atoms with Gasteiger partial charge in [0.05, 0.1) is 12.1 Å². The summed E-state index contributed by atoms with van der Waals surface area (Å²) in [5.41, 5.74) is 0.790. The maximum atomic E-state index is 11.4. The van der Waals surface area contributed by atoms with Crippen molar-refractivity contribution in [2.24, 2.45) is 0 Å². The van der Waals surface area contributed by atoms with Gasteiger partial charge in [-0.1, -0.05) is 19.8 Å². The minimum atomic E-state index is 0.00551. The van der Waals surface area contributed by atoms with Gasteiger partial charge in [0.2, 0.25) is 5.91 Å². The number of nitrogens with one attached hydrogen (secondary N) is 1. The molecule has 1 rings (SSSR count). The fourth-order valence-electron chi connectivity index (χ4n) is 1.31. The molecule has 1 N–H and O–H groups in total. The smallest absolute Gasteiger partial charge is 0.227 e. The molecule has 0 atom stereocenters. The van der Waals surface area contributed by atoms with Gasteiger partial charge in [-0.05, 0) is 13.3 Å². The zero-order valence-corrected chi connectivity index (χ0v) is 9.38. The van der Waals surface area contributed by atoms with E-state index in [-0.39, 0.29) is 12.3 Å². The molecule has 0 radical (unpaired) electrons. The topological polar surface area (TPSA) is 55.1 Å². The predicted molar refractivity (Wildman–Crippen MR) is 57.5 cm³/mol. The Morgan fingerprint density at radius 3 is 2.93 bits per heavy atom. The molecular formula is C11H18N2O2. The fraction of sp³-hybridized carbons (Fsp3) is 0.636. The second-order valence-electron chi connectivity index (χ2n) is 3.59. The van der Waals surface area contributed by atoms with Crippen molar-refractivity contribution in [1.82, 2.24) is 10.3 Å². The van der Waals surface area contributed by atoms with Gasteiger partial charge in [-0.25, -0.2) is 4.98 Å². The second-order valence-corrected chi connectivity index (χ2v) is 3.59. The molecule has 0 aliphatic rings. The molecule has 0 unspecified atom stereocenters. The zero-order valence-electron chi connectivity index (χ0n) is 9.38. The van der Waals surface area contributed by atoms with Crippen LogP contribution in [0.3, 0.4) is 0 Å². The molecule has 0 saturated heterocycles. The molecule has 0 aliphatic carbocycles. The molecule has 4 heteroatoms. The molecule has 1 aromatic heterocycles. The largest absolute Gasteiger partial charge is 0.448 e. The van der Waals surface area contributed by atoms with Crippen molar-refractivity contribution in [2.75, 3.05) is 6.54 Å². The maximum absolute atomic E-state index is 11.4.